The fourth-order valence-corrected chi connectivity index (χ4v) is 2.76. The van der Waals surface area contributed by atoms with Gasteiger partial charge in [0.2, 0.25) is 21.8 Å². The van der Waals surface area contributed by atoms with Crippen molar-refractivity contribution in [2.45, 2.75) is 4.90 Å². The molecule has 0 aliphatic rings. The maximum atomic E-state index is 12.8. The Kier molecular flexibility index (Phi) is 5.27. The molecule has 4 N–H and O–H groups in total. The van der Waals surface area contributed by atoms with Crippen LogP contribution in [0.4, 0.5) is 10.1 Å². The highest BCUT2D eigenvalue weighted by Crippen LogP contribution is 2.10. The standard InChI is InChI=1S/C15H14FN3O4S/c16-11-3-7-13(8-4-11)24(22,23)18-9-14(20)19-12-5-1-10(2-6-12)15(17)21/h1-8,18H,9H2,(H2,17,21)(H,19,20). The number of hydrogen-bond acceptors (Lipinski definition) is 4. The molecule has 0 fully saturated rings. The minimum absolute atomic E-state index is 0.150. The third-order valence-corrected chi connectivity index (χ3v) is 4.42. The lowest BCUT2D eigenvalue weighted by Gasteiger charge is -2.08. The van der Waals surface area contributed by atoms with Crippen LogP contribution < -0.4 is 15.8 Å². The Labute approximate surface area is 137 Å². The average Bonchev–Trinajstić information content (AvgIpc) is 2.54. The number of hydrogen-bond donors (Lipinski definition) is 3. The summed E-state index contributed by atoms with van der Waals surface area (Å²) < 4.78 is 38.8. The minimum atomic E-state index is -3.92. The molecule has 0 saturated carbocycles. The van der Waals surface area contributed by atoms with Crippen LogP contribution in [0.15, 0.2) is 53.4 Å². The van der Waals surface area contributed by atoms with Crippen molar-refractivity contribution >= 4 is 27.5 Å². The van der Waals surface area contributed by atoms with Gasteiger partial charge in [0.15, 0.2) is 0 Å². The van der Waals surface area contributed by atoms with Gasteiger partial charge in [-0.15, -0.1) is 0 Å². The van der Waals surface area contributed by atoms with Gasteiger partial charge in [0.25, 0.3) is 0 Å². The van der Waals surface area contributed by atoms with Crippen LogP contribution in [0.3, 0.4) is 0 Å². The summed E-state index contributed by atoms with van der Waals surface area (Å²) in [6.45, 7) is -0.503. The van der Waals surface area contributed by atoms with Crippen LogP contribution in [0.5, 0.6) is 0 Å². The highest BCUT2D eigenvalue weighted by Gasteiger charge is 2.15. The summed E-state index contributed by atoms with van der Waals surface area (Å²) in [7, 11) is -3.92. The number of sulfonamides is 1. The molecule has 0 aliphatic heterocycles. The third-order valence-electron chi connectivity index (χ3n) is 3.00. The van der Waals surface area contributed by atoms with E-state index in [1.54, 1.807) is 0 Å². The van der Waals surface area contributed by atoms with Gasteiger partial charge in [-0.3, -0.25) is 9.59 Å². The predicted octanol–water partition coefficient (Wildman–Crippen LogP) is 0.842. The number of primary amides is 1. The quantitative estimate of drug-likeness (QED) is 0.714. The van der Waals surface area contributed by atoms with Gasteiger partial charge in [-0.25, -0.2) is 17.5 Å². The first kappa shape index (κ1) is 17.6. The first-order valence-electron chi connectivity index (χ1n) is 6.73. The molecule has 126 valence electrons. The fourth-order valence-electron chi connectivity index (χ4n) is 1.78. The zero-order chi connectivity index (χ0) is 17.7. The van der Waals surface area contributed by atoms with E-state index in [1.807, 2.05) is 0 Å². The molecule has 2 rings (SSSR count). The lowest BCUT2D eigenvalue weighted by Crippen LogP contribution is -2.32. The summed E-state index contributed by atoms with van der Waals surface area (Å²) in [5.41, 5.74) is 5.76. The van der Waals surface area contributed by atoms with Crippen LogP contribution in [-0.4, -0.2) is 26.8 Å². The number of amides is 2. The Morgan fingerprint density at radius 3 is 2.12 bits per heavy atom. The van der Waals surface area contributed by atoms with Crippen molar-refractivity contribution in [1.82, 2.24) is 4.72 Å². The number of carbonyl (C=O) groups is 2. The van der Waals surface area contributed by atoms with Crippen molar-refractivity contribution < 1.29 is 22.4 Å². The smallest absolute Gasteiger partial charge is 0.248 e. The van der Waals surface area contributed by atoms with Gasteiger partial charge in [-0.05, 0) is 48.5 Å². The molecule has 0 spiro atoms. The molecule has 2 aromatic rings. The fraction of sp³-hybridized carbons (Fsp3) is 0.0667. The molecule has 0 bridgehead atoms. The summed E-state index contributed by atoms with van der Waals surface area (Å²) in [6, 6.07) is 10.0. The van der Waals surface area contributed by atoms with Crippen molar-refractivity contribution in [3.05, 3.63) is 59.9 Å². The van der Waals surface area contributed by atoms with E-state index in [9.17, 15) is 22.4 Å². The predicted molar refractivity (Wildman–Crippen MR) is 85.2 cm³/mol. The molecule has 9 heteroatoms. The lowest BCUT2D eigenvalue weighted by molar-refractivity contribution is -0.115. The van der Waals surface area contributed by atoms with E-state index in [2.05, 4.69) is 10.0 Å². The molecular formula is C15H14FN3O4S. The van der Waals surface area contributed by atoms with Crippen molar-refractivity contribution in [2.75, 3.05) is 11.9 Å². The Bertz CT molecular complexity index is 849. The van der Waals surface area contributed by atoms with Gasteiger partial charge in [-0.1, -0.05) is 0 Å². The second kappa shape index (κ2) is 7.20. The zero-order valence-corrected chi connectivity index (χ0v) is 13.1. The van der Waals surface area contributed by atoms with E-state index in [0.29, 0.717) is 5.69 Å². The maximum Gasteiger partial charge on any atom is 0.248 e. The van der Waals surface area contributed by atoms with Gasteiger partial charge in [0.05, 0.1) is 11.4 Å². The van der Waals surface area contributed by atoms with E-state index in [1.165, 1.54) is 24.3 Å². The first-order valence-corrected chi connectivity index (χ1v) is 8.21. The van der Waals surface area contributed by atoms with E-state index in [4.69, 9.17) is 5.73 Å². The highest BCUT2D eigenvalue weighted by atomic mass is 32.2. The molecule has 2 amide bonds. The summed E-state index contributed by atoms with van der Waals surface area (Å²) in [5.74, 6) is -1.77. The van der Waals surface area contributed by atoms with E-state index < -0.39 is 34.2 Å². The van der Waals surface area contributed by atoms with Gasteiger partial charge in [0, 0.05) is 11.3 Å². The second-order valence-corrected chi connectivity index (χ2v) is 6.54. The number of halogens is 1. The lowest BCUT2D eigenvalue weighted by atomic mass is 10.2. The first-order chi connectivity index (χ1) is 11.3. The van der Waals surface area contributed by atoms with Gasteiger partial charge in [0.1, 0.15) is 5.82 Å². The maximum absolute atomic E-state index is 12.8. The number of nitrogens with one attached hydrogen (secondary N) is 2. The number of carbonyl (C=O) groups excluding carboxylic acids is 2. The van der Waals surface area contributed by atoms with E-state index in [-0.39, 0.29) is 10.5 Å². The third kappa shape index (κ3) is 4.61. The van der Waals surface area contributed by atoms with E-state index in [0.717, 1.165) is 24.3 Å². The summed E-state index contributed by atoms with van der Waals surface area (Å²) in [6.07, 6.45) is 0. The van der Waals surface area contributed by atoms with Crippen LogP contribution in [0, 0.1) is 5.82 Å². The minimum Gasteiger partial charge on any atom is -0.366 e. The van der Waals surface area contributed by atoms with Crippen molar-refractivity contribution in [1.29, 1.82) is 0 Å². The summed E-state index contributed by atoms with van der Waals surface area (Å²) in [5, 5.41) is 2.46. The second-order valence-electron chi connectivity index (χ2n) is 4.77. The molecule has 24 heavy (non-hydrogen) atoms. The summed E-state index contributed by atoms with van der Waals surface area (Å²) in [4.78, 5) is 22.6. The Balaban J connectivity index is 1.95. The van der Waals surface area contributed by atoms with E-state index >= 15 is 0 Å². The largest absolute Gasteiger partial charge is 0.366 e. The molecule has 0 aliphatic carbocycles. The molecule has 0 heterocycles. The molecule has 0 unspecified atom stereocenters. The zero-order valence-electron chi connectivity index (χ0n) is 12.3. The normalized spacial score (nSPS) is 11.0. The number of anilines is 1. The van der Waals surface area contributed by atoms with Crippen molar-refractivity contribution in [2.24, 2.45) is 5.73 Å². The number of benzene rings is 2. The van der Waals surface area contributed by atoms with Crippen molar-refractivity contribution in [3.63, 3.8) is 0 Å². The number of nitrogens with two attached hydrogens (primary N) is 1. The Morgan fingerprint density at radius 2 is 1.58 bits per heavy atom. The SMILES string of the molecule is NC(=O)c1ccc(NC(=O)CNS(=O)(=O)c2ccc(F)cc2)cc1. The number of rotatable bonds is 6. The topological polar surface area (TPSA) is 118 Å². The van der Waals surface area contributed by atoms with Gasteiger partial charge in [-0.2, -0.15) is 0 Å². The van der Waals surface area contributed by atoms with Crippen LogP contribution >= 0.6 is 0 Å². The molecule has 0 aromatic heterocycles. The van der Waals surface area contributed by atoms with Gasteiger partial charge < -0.3 is 11.1 Å². The molecule has 0 atom stereocenters. The van der Waals surface area contributed by atoms with Gasteiger partial charge >= 0.3 is 0 Å². The molecule has 2 aromatic carbocycles. The molecule has 0 saturated heterocycles. The Hall–Kier alpha value is -2.78. The molecular weight excluding hydrogens is 337 g/mol. The summed E-state index contributed by atoms with van der Waals surface area (Å²) >= 11 is 0. The van der Waals surface area contributed by atoms with Crippen LogP contribution in [-0.2, 0) is 14.8 Å². The molecule has 0 radical (unpaired) electrons. The van der Waals surface area contributed by atoms with Crippen LogP contribution in [0.25, 0.3) is 0 Å². The van der Waals surface area contributed by atoms with Crippen LogP contribution in [0.1, 0.15) is 10.4 Å². The Morgan fingerprint density at radius 1 is 1.00 bits per heavy atom. The monoisotopic (exact) mass is 351 g/mol. The van der Waals surface area contributed by atoms with Crippen molar-refractivity contribution in [3.8, 4) is 0 Å². The van der Waals surface area contributed by atoms with Crippen LogP contribution in [0.2, 0.25) is 0 Å². The molecule has 7 nitrogen and oxygen atoms in total. The average molecular weight is 351 g/mol. The highest BCUT2D eigenvalue weighted by molar-refractivity contribution is 7.89.